The molecule has 2 rings (SSSR count). The van der Waals surface area contributed by atoms with Crippen molar-refractivity contribution in [3.63, 3.8) is 0 Å². The van der Waals surface area contributed by atoms with Crippen LogP contribution in [0.5, 0.6) is 5.75 Å². The second-order valence-corrected chi connectivity index (χ2v) is 14.4. The van der Waals surface area contributed by atoms with Gasteiger partial charge < -0.3 is 4.43 Å². The van der Waals surface area contributed by atoms with Crippen molar-refractivity contribution >= 4 is 24.2 Å². The molecule has 0 aromatic heterocycles. The van der Waals surface area contributed by atoms with Crippen LogP contribution in [0.4, 0.5) is 0 Å². The average molecular weight is 397 g/mol. The summed E-state index contributed by atoms with van der Waals surface area (Å²) in [7, 11) is -1.88. The van der Waals surface area contributed by atoms with Gasteiger partial charge in [-0.3, -0.25) is 0 Å². The number of halogens is 1. The molecule has 0 unspecified atom stereocenters. The molecule has 0 atom stereocenters. The van der Waals surface area contributed by atoms with Crippen molar-refractivity contribution < 1.29 is 4.43 Å². The van der Waals surface area contributed by atoms with Crippen LogP contribution in [0.15, 0.2) is 22.7 Å². The first-order chi connectivity index (χ1) is 10.8. The number of hydrogen-bond acceptors (Lipinski definition) is 1. The summed E-state index contributed by atoms with van der Waals surface area (Å²) in [5.41, 5.74) is 3.28. The maximum Gasteiger partial charge on any atom is 0.258 e. The fourth-order valence-electron chi connectivity index (χ4n) is 4.71. The maximum absolute atomic E-state index is 7.00. The highest BCUT2D eigenvalue weighted by Crippen LogP contribution is 2.46. The topological polar surface area (TPSA) is 9.23 Å². The first-order valence-corrected chi connectivity index (χ1v) is 12.2. The molecule has 0 radical (unpaired) electrons. The lowest BCUT2D eigenvalue weighted by Gasteiger charge is -2.43. The molecule has 3 heteroatoms. The fraction of sp³-hybridized carbons (Fsp3) is 0.700. The molecule has 0 spiro atoms. The summed E-state index contributed by atoms with van der Waals surface area (Å²) >= 11 is 3.67. The summed E-state index contributed by atoms with van der Waals surface area (Å²) in [6.07, 6.45) is 5.34. The lowest BCUT2D eigenvalue weighted by molar-refractivity contribution is 0.469. The van der Waals surface area contributed by atoms with E-state index in [4.69, 9.17) is 4.43 Å². The Kier molecular flexibility index (Phi) is 6.40. The van der Waals surface area contributed by atoms with Gasteiger partial charge in [0.15, 0.2) is 0 Å². The number of rotatable bonds is 6. The molecule has 0 N–H and O–H groups in total. The van der Waals surface area contributed by atoms with Crippen molar-refractivity contribution in [2.45, 2.75) is 89.8 Å². The van der Waals surface area contributed by atoms with E-state index >= 15 is 0 Å². The zero-order valence-corrected chi connectivity index (χ0v) is 18.2. The average Bonchev–Trinajstić information content (AvgIpc) is 2.98. The van der Waals surface area contributed by atoms with Gasteiger partial charge in [-0.2, -0.15) is 0 Å². The maximum atomic E-state index is 7.00. The Bertz CT molecular complexity index is 497. The van der Waals surface area contributed by atoms with Crippen LogP contribution >= 0.6 is 15.9 Å². The number of benzene rings is 1. The van der Waals surface area contributed by atoms with Crippen LogP contribution in [0.3, 0.4) is 0 Å². The zero-order chi connectivity index (χ0) is 17.2. The van der Waals surface area contributed by atoms with Gasteiger partial charge in [-0.1, -0.05) is 70.3 Å². The molecule has 0 saturated heterocycles. The lowest BCUT2D eigenvalue weighted by Crippen LogP contribution is -2.50. The van der Waals surface area contributed by atoms with E-state index in [1.807, 2.05) is 0 Å². The van der Waals surface area contributed by atoms with E-state index in [0.717, 1.165) is 0 Å². The van der Waals surface area contributed by atoms with Gasteiger partial charge in [0, 0.05) is 4.47 Å². The van der Waals surface area contributed by atoms with Gasteiger partial charge in [0.25, 0.3) is 8.32 Å². The quantitative estimate of drug-likeness (QED) is 0.448. The minimum atomic E-state index is -1.88. The van der Waals surface area contributed by atoms with E-state index in [1.165, 1.54) is 41.5 Å². The first kappa shape index (κ1) is 19.0. The monoisotopic (exact) mass is 396 g/mol. The molecule has 0 aliphatic heterocycles. The van der Waals surface area contributed by atoms with Crippen LogP contribution in [0.1, 0.15) is 78.7 Å². The van der Waals surface area contributed by atoms with E-state index < -0.39 is 8.32 Å². The van der Waals surface area contributed by atoms with E-state index in [0.29, 0.717) is 22.5 Å². The second kappa shape index (κ2) is 7.73. The Morgan fingerprint density at radius 3 is 1.96 bits per heavy atom. The van der Waals surface area contributed by atoms with Gasteiger partial charge in [-0.15, -0.1) is 0 Å². The molecule has 1 aromatic carbocycles. The molecule has 0 heterocycles. The van der Waals surface area contributed by atoms with Crippen molar-refractivity contribution in [1.82, 2.24) is 0 Å². The smallest absolute Gasteiger partial charge is 0.258 e. The minimum Gasteiger partial charge on any atom is -0.542 e. The van der Waals surface area contributed by atoms with E-state index in [9.17, 15) is 0 Å². The lowest BCUT2D eigenvalue weighted by atomic mass is 9.97. The predicted molar refractivity (Wildman–Crippen MR) is 107 cm³/mol. The summed E-state index contributed by atoms with van der Waals surface area (Å²) in [5.74, 6) is 1.85. The van der Waals surface area contributed by atoms with Gasteiger partial charge in [0.1, 0.15) is 5.75 Å². The molecule has 1 aliphatic rings. The molecule has 1 aromatic rings. The molecule has 1 saturated carbocycles. The van der Waals surface area contributed by atoms with E-state index in [-0.39, 0.29) is 0 Å². The van der Waals surface area contributed by atoms with Gasteiger partial charge >= 0.3 is 0 Å². The Balaban J connectivity index is 2.44. The summed E-state index contributed by atoms with van der Waals surface area (Å²) in [5, 5.41) is 0. The Hall–Kier alpha value is -0.283. The zero-order valence-electron chi connectivity index (χ0n) is 15.7. The molecule has 1 fully saturated rings. The van der Waals surface area contributed by atoms with Crippen molar-refractivity contribution in [2.24, 2.45) is 0 Å². The van der Waals surface area contributed by atoms with Crippen LogP contribution < -0.4 is 4.43 Å². The van der Waals surface area contributed by atoms with Gasteiger partial charge in [-0.05, 0) is 59.1 Å². The molecule has 1 nitrogen and oxygen atoms in total. The Morgan fingerprint density at radius 1 is 0.957 bits per heavy atom. The molecule has 23 heavy (non-hydrogen) atoms. The van der Waals surface area contributed by atoms with Crippen molar-refractivity contribution in [1.29, 1.82) is 0 Å². The van der Waals surface area contributed by atoms with Gasteiger partial charge in [0.05, 0.1) is 0 Å². The summed E-state index contributed by atoms with van der Waals surface area (Å²) in [4.78, 5) is 0. The minimum absolute atomic E-state index is 0.613. The molecular weight excluding hydrogens is 364 g/mol. The molecule has 1 aliphatic carbocycles. The van der Waals surface area contributed by atoms with Gasteiger partial charge in [0.2, 0.25) is 0 Å². The number of hydrogen-bond donors (Lipinski definition) is 0. The molecule has 0 amide bonds. The van der Waals surface area contributed by atoms with Gasteiger partial charge in [-0.25, -0.2) is 0 Å². The molecule has 0 bridgehead atoms. The van der Waals surface area contributed by atoms with Crippen molar-refractivity contribution in [3.8, 4) is 5.75 Å². The SMILES string of the molecule is CC(C)[Si](Oc1ccc(Br)cc1C1CCCC1)(C(C)C)C(C)C. The Morgan fingerprint density at radius 2 is 1.48 bits per heavy atom. The highest BCUT2D eigenvalue weighted by atomic mass is 79.9. The van der Waals surface area contributed by atoms with Crippen LogP contribution in [0, 0.1) is 0 Å². The third-order valence-corrected chi connectivity index (χ3v) is 12.2. The fourth-order valence-corrected chi connectivity index (χ4v) is 10.4. The summed E-state index contributed by atoms with van der Waals surface area (Å²) in [6.45, 7) is 14.2. The molecule has 130 valence electrons. The van der Waals surface area contributed by atoms with E-state index in [2.05, 4.69) is 75.7 Å². The second-order valence-electron chi connectivity index (χ2n) is 8.08. The standard InChI is InChI=1S/C20H33BrOSi/c1-14(2)23(15(3)4,16(5)6)22-20-12-11-18(21)13-19(20)17-9-7-8-10-17/h11-17H,7-10H2,1-6H3. The van der Waals surface area contributed by atoms with Crippen molar-refractivity contribution in [2.75, 3.05) is 0 Å². The third kappa shape index (κ3) is 3.87. The summed E-state index contributed by atoms with van der Waals surface area (Å²) < 4.78 is 8.18. The normalized spacial score (nSPS) is 16.8. The van der Waals surface area contributed by atoms with Crippen LogP contribution in [0.2, 0.25) is 16.6 Å². The van der Waals surface area contributed by atoms with Crippen LogP contribution in [-0.2, 0) is 0 Å². The van der Waals surface area contributed by atoms with E-state index in [1.54, 1.807) is 0 Å². The first-order valence-electron chi connectivity index (χ1n) is 9.27. The van der Waals surface area contributed by atoms with Crippen molar-refractivity contribution in [3.05, 3.63) is 28.2 Å². The highest BCUT2D eigenvalue weighted by Gasteiger charge is 2.47. The third-order valence-electron chi connectivity index (χ3n) is 5.76. The molecular formula is C20H33BrOSi. The highest BCUT2D eigenvalue weighted by molar-refractivity contribution is 9.10. The van der Waals surface area contributed by atoms with Crippen LogP contribution in [-0.4, -0.2) is 8.32 Å². The Labute approximate surface area is 152 Å². The summed E-state index contributed by atoms with van der Waals surface area (Å²) in [6, 6.07) is 6.67. The predicted octanol–water partition coefficient (Wildman–Crippen LogP) is 7.66. The van der Waals surface area contributed by atoms with Crippen LogP contribution in [0.25, 0.3) is 0 Å². The largest absolute Gasteiger partial charge is 0.542 e.